The van der Waals surface area contributed by atoms with Crippen LogP contribution < -0.4 is 10.6 Å². The molecule has 2 aromatic rings. The predicted molar refractivity (Wildman–Crippen MR) is 62.6 cm³/mol. The van der Waals surface area contributed by atoms with Crippen molar-refractivity contribution in [3.8, 4) is 0 Å². The van der Waals surface area contributed by atoms with Gasteiger partial charge < -0.3 is 19.6 Å². The van der Waals surface area contributed by atoms with Crippen molar-refractivity contribution in [3.63, 3.8) is 0 Å². The van der Waals surface area contributed by atoms with Crippen LogP contribution in [0.1, 0.15) is 31.5 Å². The summed E-state index contributed by atoms with van der Waals surface area (Å²) >= 11 is 0. The lowest BCUT2D eigenvalue weighted by Crippen LogP contribution is -2.21. The standard InChI is InChI=1S/C10H16N6O2/c1-6(2)11-5-9-14-15-10(17-9)12-4-8-13-7(3)16-18-8/h6,11H,4-5H2,1-3H3,(H,12,15). The van der Waals surface area contributed by atoms with Gasteiger partial charge in [-0.05, 0) is 6.92 Å². The van der Waals surface area contributed by atoms with Gasteiger partial charge in [-0.2, -0.15) is 4.98 Å². The van der Waals surface area contributed by atoms with E-state index in [2.05, 4.69) is 31.0 Å². The van der Waals surface area contributed by atoms with Gasteiger partial charge in [-0.25, -0.2) is 0 Å². The fourth-order valence-electron chi connectivity index (χ4n) is 1.25. The second-order valence-electron chi connectivity index (χ2n) is 4.13. The van der Waals surface area contributed by atoms with Gasteiger partial charge in [0, 0.05) is 6.04 Å². The highest BCUT2D eigenvalue weighted by atomic mass is 16.5. The third kappa shape index (κ3) is 3.52. The molecule has 98 valence electrons. The number of nitrogens with one attached hydrogen (secondary N) is 2. The van der Waals surface area contributed by atoms with Crippen molar-refractivity contribution < 1.29 is 8.94 Å². The fraction of sp³-hybridized carbons (Fsp3) is 0.600. The Labute approximate surface area is 104 Å². The number of rotatable bonds is 6. The smallest absolute Gasteiger partial charge is 0.315 e. The van der Waals surface area contributed by atoms with Crippen LogP contribution in [0, 0.1) is 6.92 Å². The summed E-state index contributed by atoms with van der Waals surface area (Å²) in [5.41, 5.74) is 0. The van der Waals surface area contributed by atoms with E-state index in [0.717, 1.165) is 0 Å². The first kappa shape index (κ1) is 12.5. The molecule has 0 aromatic carbocycles. The molecule has 0 bridgehead atoms. The Morgan fingerprint density at radius 1 is 1.17 bits per heavy atom. The first-order chi connectivity index (χ1) is 8.63. The van der Waals surface area contributed by atoms with E-state index in [-0.39, 0.29) is 0 Å². The van der Waals surface area contributed by atoms with Crippen molar-refractivity contribution in [1.29, 1.82) is 0 Å². The number of hydrogen-bond donors (Lipinski definition) is 2. The number of nitrogens with zero attached hydrogens (tertiary/aromatic N) is 4. The van der Waals surface area contributed by atoms with Gasteiger partial charge in [0.2, 0.25) is 11.8 Å². The average Bonchev–Trinajstić information content (AvgIpc) is 2.93. The normalized spacial score (nSPS) is 11.1. The lowest BCUT2D eigenvalue weighted by atomic mass is 10.4. The Morgan fingerprint density at radius 2 is 2.00 bits per heavy atom. The van der Waals surface area contributed by atoms with Crippen LogP contribution in [0.15, 0.2) is 8.94 Å². The molecule has 0 radical (unpaired) electrons. The maximum Gasteiger partial charge on any atom is 0.315 e. The Kier molecular flexibility index (Phi) is 3.88. The van der Waals surface area contributed by atoms with Crippen molar-refractivity contribution in [2.45, 2.75) is 39.9 Å². The van der Waals surface area contributed by atoms with Crippen LogP contribution in [0.4, 0.5) is 6.01 Å². The van der Waals surface area contributed by atoms with Crippen LogP contribution in [0.2, 0.25) is 0 Å². The second-order valence-corrected chi connectivity index (χ2v) is 4.13. The molecule has 0 fully saturated rings. The highest BCUT2D eigenvalue weighted by Gasteiger charge is 2.08. The molecule has 2 heterocycles. The van der Waals surface area contributed by atoms with Gasteiger partial charge in [0.15, 0.2) is 5.82 Å². The minimum absolute atomic E-state index is 0.339. The Morgan fingerprint density at radius 3 is 2.67 bits per heavy atom. The number of aromatic nitrogens is 4. The molecule has 0 aliphatic carbocycles. The summed E-state index contributed by atoms with van der Waals surface area (Å²) < 4.78 is 10.3. The van der Waals surface area contributed by atoms with E-state index in [9.17, 15) is 0 Å². The van der Waals surface area contributed by atoms with Gasteiger partial charge in [0.1, 0.15) is 0 Å². The van der Waals surface area contributed by atoms with Crippen LogP contribution in [0.5, 0.6) is 0 Å². The van der Waals surface area contributed by atoms with Crippen LogP contribution in [0.3, 0.4) is 0 Å². The molecule has 0 amide bonds. The van der Waals surface area contributed by atoms with E-state index in [1.54, 1.807) is 6.92 Å². The molecule has 8 heteroatoms. The Balaban J connectivity index is 1.83. The van der Waals surface area contributed by atoms with E-state index < -0.39 is 0 Å². The van der Waals surface area contributed by atoms with Crippen LogP contribution in [-0.2, 0) is 13.1 Å². The van der Waals surface area contributed by atoms with Crippen molar-refractivity contribution in [1.82, 2.24) is 25.7 Å². The van der Waals surface area contributed by atoms with E-state index >= 15 is 0 Å². The molecule has 0 saturated heterocycles. The third-order valence-electron chi connectivity index (χ3n) is 2.09. The molecule has 0 spiro atoms. The van der Waals surface area contributed by atoms with Crippen molar-refractivity contribution in [2.24, 2.45) is 0 Å². The number of anilines is 1. The maximum absolute atomic E-state index is 5.38. The molecule has 0 aliphatic heterocycles. The lowest BCUT2D eigenvalue weighted by Gasteiger charge is -2.03. The topological polar surface area (TPSA) is 102 Å². The van der Waals surface area contributed by atoms with Gasteiger partial charge >= 0.3 is 6.01 Å². The van der Waals surface area contributed by atoms with E-state index in [0.29, 0.717) is 42.8 Å². The molecule has 2 N–H and O–H groups in total. The zero-order valence-electron chi connectivity index (χ0n) is 10.6. The average molecular weight is 252 g/mol. The van der Waals surface area contributed by atoms with E-state index in [4.69, 9.17) is 8.94 Å². The molecule has 18 heavy (non-hydrogen) atoms. The van der Waals surface area contributed by atoms with Gasteiger partial charge in [-0.1, -0.05) is 24.1 Å². The van der Waals surface area contributed by atoms with E-state index in [1.807, 2.05) is 13.8 Å². The maximum atomic E-state index is 5.38. The van der Waals surface area contributed by atoms with Crippen LogP contribution >= 0.6 is 0 Å². The van der Waals surface area contributed by atoms with Gasteiger partial charge in [0.05, 0.1) is 13.1 Å². The first-order valence-electron chi connectivity index (χ1n) is 5.72. The lowest BCUT2D eigenvalue weighted by molar-refractivity contribution is 0.377. The number of aryl methyl sites for hydroxylation is 1. The Hall–Kier alpha value is -1.96. The monoisotopic (exact) mass is 252 g/mol. The minimum Gasteiger partial charge on any atom is -0.407 e. The molecule has 0 saturated carbocycles. The zero-order chi connectivity index (χ0) is 13.0. The molecular weight excluding hydrogens is 236 g/mol. The first-order valence-corrected chi connectivity index (χ1v) is 5.72. The summed E-state index contributed by atoms with van der Waals surface area (Å²) in [7, 11) is 0. The molecular formula is C10H16N6O2. The van der Waals surface area contributed by atoms with Crippen LogP contribution in [-0.4, -0.2) is 26.4 Å². The Bertz CT molecular complexity index is 492. The summed E-state index contributed by atoms with van der Waals surface area (Å²) in [6.45, 7) is 6.77. The SMILES string of the molecule is Cc1noc(CNc2nnc(CNC(C)C)o2)n1. The van der Waals surface area contributed by atoms with Crippen molar-refractivity contribution in [2.75, 3.05) is 5.32 Å². The molecule has 2 aromatic heterocycles. The minimum atomic E-state index is 0.339. The molecule has 0 aliphatic rings. The zero-order valence-corrected chi connectivity index (χ0v) is 10.6. The summed E-state index contributed by atoms with van der Waals surface area (Å²) in [5, 5.41) is 17.5. The third-order valence-corrected chi connectivity index (χ3v) is 2.09. The van der Waals surface area contributed by atoms with Gasteiger partial charge in [-0.15, -0.1) is 5.10 Å². The van der Waals surface area contributed by atoms with Gasteiger partial charge in [0.25, 0.3) is 0 Å². The summed E-state index contributed by atoms with van der Waals surface area (Å²) in [6.07, 6.45) is 0. The summed E-state index contributed by atoms with van der Waals surface area (Å²) in [5.74, 6) is 1.61. The molecule has 0 atom stereocenters. The largest absolute Gasteiger partial charge is 0.407 e. The predicted octanol–water partition coefficient (Wildman–Crippen LogP) is 0.871. The highest BCUT2D eigenvalue weighted by Crippen LogP contribution is 2.07. The second kappa shape index (κ2) is 5.58. The fourth-order valence-corrected chi connectivity index (χ4v) is 1.25. The summed E-state index contributed by atoms with van der Waals surface area (Å²) in [4.78, 5) is 4.05. The van der Waals surface area contributed by atoms with Gasteiger partial charge in [-0.3, -0.25) is 0 Å². The molecule has 8 nitrogen and oxygen atoms in total. The molecule has 0 unspecified atom stereocenters. The van der Waals surface area contributed by atoms with Crippen molar-refractivity contribution in [3.05, 3.63) is 17.6 Å². The molecule has 2 rings (SSSR count). The summed E-state index contributed by atoms with van der Waals surface area (Å²) in [6, 6.07) is 0.709. The van der Waals surface area contributed by atoms with E-state index in [1.165, 1.54) is 0 Å². The van der Waals surface area contributed by atoms with Crippen LogP contribution in [0.25, 0.3) is 0 Å². The number of hydrogen-bond acceptors (Lipinski definition) is 8. The highest BCUT2D eigenvalue weighted by molar-refractivity contribution is 5.17. The quantitative estimate of drug-likeness (QED) is 0.780. The van der Waals surface area contributed by atoms with Crippen molar-refractivity contribution >= 4 is 6.01 Å².